The van der Waals surface area contributed by atoms with E-state index in [2.05, 4.69) is 44.4 Å². The fourth-order valence-electron chi connectivity index (χ4n) is 5.69. The molecular weight excluding hydrogens is 462 g/mol. The van der Waals surface area contributed by atoms with E-state index >= 15 is 0 Å². The number of hydrogen-bond acceptors (Lipinski definition) is 6. The summed E-state index contributed by atoms with van der Waals surface area (Å²) in [7, 11) is 0. The zero-order valence-electron chi connectivity index (χ0n) is 22.8. The average molecular weight is 508 g/mol. The molecule has 2 aromatic rings. The van der Waals surface area contributed by atoms with Crippen LogP contribution in [0, 0.1) is 0 Å². The number of benzene rings is 1. The summed E-state index contributed by atoms with van der Waals surface area (Å²) in [6.07, 6.45) is 8.68. The van der Waals surface area contributed by atoms with Gasteiger partial charge in [0.05, 0.1) is 18.8 Å². The first kappa shape index (κ1) is 27.6. The molecule has 3 fully saturated rings. The monoisotopic (exact) mass is 507 g/mol. The van der Waals surface area contributed by atoms with Crippen LogP contribution in [0.3, 0.4) is 0 Å². The summed E-state index contributed by atoms with van der Waals surface area (Å²) in [5, 5.41) is 3.16. The van der Waals surface area contributed by atoms with Gasteiger partial charge in [-0.2, -0.15) is 0 Å². The van der Waals surface area contributed by atoms with Crippen molar-refractivity contribution < 1.29 is 9.53 Å². The van der Waals surface area contributed by atoms with Crippen molar-refractivity contribution in [3.8, 4) is 11.1 Å². The molecule has 3 aliphatic rings. The molecule has 7 heteroatoms. The van der Waals surface area contributed by atoms with Crippen LogP contribution >= 0.6 is 0 Å². The van der Waals surface area contributed by atoms with Gasteiger partial charge in [0.15, 0.2) is 0 Å². The number of anilines is 1. The lowest BCUT2D eigenvalue weighted by atomic mass is 9.95. The summed E-state index contributed by atoms with van der Waals surface area (Å²) in [6, 6.07) is 10.9. The Kier molecular flexibility index (Phi) is 10.3. The molecule has 5 rings (SSSR count). The second-order valence-corrected chi connectivity index (χ2v) is 10.3. The van der Waals surface area contributed by atoms with Gasteiger partial charge in [0.2, 0.25) is 0 Å². The highest BCUT2D eigenvalue weighted by Crippen LogP contribution is 2.30. The van der Waals surface area contributed by atoms with Crippen LogP contribution in [-0.2, 0) is 4.74 Å². The molecule has 2 aliphatic heterocycles. The quantitative estimate of drug-likeness (QED) is 0.572. The highest BCUT2D eigenvalue weighted by atomic mass is 16.5. The number of morpholine rings is 1. The predicted molar refractivity (Wildman–Crippen MR) is 151 cm³/mol. The normalized spacial score (nSPS) is 21.3. The summed E-state index contributed by atoms with van der Waals surface area (Å²) in [6.45, 7) is 12.4. The second-order valence-electron chi connectivity index (χ2n) is 10.3. The predicted octanol–water partition coefficient (Wildman–Crippen LogP) is 4.54. The minimum Gasteiger partial charge on any atom is -0.383 e. The van der Waals surface area contributed by atoms with E-state index in [1.807, 2.05) is 19.9 Å². The molecule has 0 spiro atoms. The number of nitrogen functional groups attached to an aromatic ring is 1. The minimum atomic E-state index is -0.108. The number of pyridine rings is 1. The molecule has 0 radical (unpaired) electrons. The number of nitrogens with zero attached hydrogens (tertiary/aromatic N) is 3. The topological polar surface area (TPSA) is 83.7 Å². The standard InChI is InChI=1S/C28H39N5O2.C2H6/c29-27-26(28(34)31-25-4-2-1-3-5-25)18-24(19-30-27)22-8-6-21(7-9-22)23-10-11-33(20-23)13-12-32-14-16-35-17-15-32;1-2/h6-9,18-19,23,25H,1-5,10-17,20H2,(H2,29,30)(H,31,34);1-2H3. The van der Waals surface area contributed by atoms with Crippen LogP contribution in [0.1, 0.15) is 74.2 Å². The molecule has 1 aromatic heterocycles. The van der Waals surface area contributed by atoms with Gasteiger partial charge in [-0.05, 0) is 48.9 Å². The van der Waals surface area contributed by atoms with Crippen LogP contribution in [0.25, 0.3) is 11.1 Å². The molecule has 202 valence electrons. The van der Waals surface area contributed by atoms with E-state index < -0.39 is 0 Å². The zero-order chi connectivity index (χ0) is 26.0. The number of likely N-dealkylation sites (tertiary alicyclic amines) is 1. The van der Waals surface area contributed by atoms with Gasteiger partial charge in [0.1, 0.15) is 5.82 Å². The molecule has 1 aliphatic carbocycles. The van der Waals surface area contributed by atoms with Gasteiger partial charge in [-0.3, -0.25) is 9.69 Å². The van der Waals surface area contributed by atoms with Crippen molar-refractivity contribution in [3.05, 3.63) is 47.7 Å². The van der Waals surface area contributed by atoms with Gasteiger partial charge in [0.25, 0.3) is 5.91 Å². The average Bonchev–Trinajstić information content (AvgIpc) is 3.44. The number of carbonyl (C=O) groups is 1. The number of carbonyl (C=O) groups excluding carboxylic acids is 1. The molecule has 1 aromatic carbocycles. The first-order chi connectivity index (χ1) is 18.2. The highest BCUT2D eigenvalue weighted by Gasteiger charge is 2.24. The Labute approximate surface area is 222 Å². The Balaban J connectivity index is 0.00000156. The van der Waals surface area contributed by atoms with E-state index in [1.54, 1.807) is 6.20 Å². The lowest BCUT2D eigenvalue weighted by Gasteiger charge is -2.28. The molecule has 1 unspecified atom stereocenters. The number of nitrogens with two attached hydrogens (primary N) is 1. The van der Waals surface area contributed by atoms with E-state index in [9.17, 15) is 4.79 Å². The fraction of sp³-hybridized carbons (Fsp3) is 0.600. The van der Waals surface area contributed by atoms with Crippen molar-refractivity contribution in [1.29, 1.82) is 0 Å². The lowest BCUT2D eigenvalue weighted by molar-refractivity contribution is 0.0343. The molecule has 1 saturated carbocycles. The summed E-state index contributed by atoms with van der Waals surface area (Å²) < 4.78 is 5.46. The van der Waals surface area contributed by atoms with Crippen molar-refractivity contribution in [2.75, 3.05) is 58.2 Å². The van der Waals surface area contributed by atoms with E-state index in [1.165, 1.54) is 31.2 Å². The Hall–Kier alpha value is -2.48. The maximum Gasteiger partial charge on any atom is 0.255 e. The first-order valence-electron chi connectivity index (χ1n) is 14.3. The van der Waals surface area contributed by atoms with E-state index in [0.717, 1.165) is 76.5 Å². The van der Waals surface area contributed by atoms with E-state index in [0.29, 0.717) is 17.3 Å². The molecular formula is C30H45N5O2. The van der Waals surface area contributed by atoms with Crippen LogP contribution in [0.4, 0.5) is 5.82 Å². The third-order valence-corrected chi connectivity index (χ3v) is 7.93. The Morgan fingerprint density at radius 3 is 2.41 bits per heavy atom. The van der Waals surface area contributed by atoms with Gasteiger partial charge in [-0.1, -0.05) is 57.4 Å². The first-order valence-corrected chi connectivity index (χ1v) is 14.3. The Bertz CT molecular complexity index is 984. The zero-order valence-corrected chi connectivity index (χ0v) is 22.8. The van der Waals surface area contributed by atoms with Crippen LogP contribution in [0.2, 0.25) is 0 Å². The van der Waals surface area contributed by atoms with Crippen molar-refractivity contribution in [1.82, 2.24) is 20.1 Å². The number of hydrogen-bond donors (Lipinski definition) is 2. The fourth-order valence-corrected chi connectivity index (χ4v) is 5.69. The molecule has 3 N–H and O–H groups in total. The number of rotatable bonds is 7. The maximum absolute atomic E-state index is 12.9. The van der Waals surface area contributed by atoms with Crippen LogP contribution in [0.5, 0.6) is 0 Å². The van der Waals surface area contributed by atoms with Crippen molar-refractivity contribution >= 4 is 11.7 Å². The number of amides is 1. The van der Waals surface area contributed by atoms with Gasteiger partial charge < -0.3 is 20.7 Å². The third-order valence-electron chi connectivity index (χ3n) is 7.93. The second kappa shape index (κ2) is 13.9. The molecule has 0 bridgehead atoms. The Morgan fingerprint density at radius 1 is 0.973 bits per heavy atom. The van der Waals surface area contributed by atoms with Crippen LogP contribution in [0.15, 0.2) is 36.5 Å². The summed E-state index contributed by atoms with van der Waals surface area (Å²) in [4.78, 5) is 22.3. The SMILES string of the molecule is CC.Nc1ncc(-c2ccc(C3CCN(CCN4CCOCC4)C3)cc2)cc1C(=O)NC1CCCCC1. The number of ether oxygens (including phenoxy) is 1. The summed E-state index contributed by atoms with van der Waals surface area (Å²) in [5.74, 6) is 0.764. The molecule has 1 amide bonds. The molecule has 2 saturated heterocycles. The minimum absolute atomic E-state index is 0.108. The molecule has 7 nitrogen and oxygen atoms in total. The van der Waals surface area contributed by atoms with Crippen molar-refractivity contribution in [3.63, 3.8) is 0 Å². The summed E-state index contributed by atoms with van der Waals surface area (Å²) in [5.41, 5.74) is 9.94. The largest absolute Gasteiger partial charge is 0.383 e. The van der Waals surface area contributed by atoms with E-state index in [-0.39, 0.29) is 11.9 Å². The molecule has 3 heterocycles. The lowest BCUT2D eigenvalue weighted by Crippen LogP contribution is -2.41. The van der Waals surface area contributed by atoms with E-state index in [4.69, 9.17) is 10.5 Å². The van der Waals surface area contributed by atoms with Crippen LogP contribution < -0.4 is 11.1 Å². The van der Waals surface area contributed by atoms with Gasteiger partial charge in [0, 0.05) is 50.5 Å². The molecule has 37 heavy (non-hydrogen) atoms. The maximum atomic E-state index is 12.9. The van der Waals surface area contributed by atoms with Gasteiger partial charge in [-0.15, -0.1) is 0 Å². The number of nitrogens with one attached hydrogen (secondary N) is 1. The van der Waals surface area contributed by atoms with Gasteiger partial charge in [-0.25, -0.2) is 4.98 Å². The Morgan fingerprint density at radius 2 is 1.68 bits per heavy atom. The smallest absolute Gasteiger partial charge is 0.255 e. The van der Waals surface area contributed by atoms with Gasteiger partial charge >= 0.3 is 0 Å². The number of aromatic nitrogens is 1. The van der Waals surface area contributed by atoms with Crippen molar-refractivity contribution in [2.45, 2.75) is 64.3 Å². The summed E-state index contributed by atoms with van der Waals surface area (Å²) >= 11 is 0. The third kappa shape index (κ3) is 7.53. The van der Waals surface area contributed by atoms with Crippen molar-refractivity contribution in [2.24, 2.45) is 0 Å². The van der Waals surface area contributed by atoms with Crippen LogP contribution in [-0.4, -0.2) is 79.2 Å². The highest BCUT2D eigenvalue weighted by molar-refractivity contribution is 5.99. The molecule has 1 atom stereocenters.